The van der Waals surface area contributed by atoms with Crippen LogP contribution in [0.25, 0.3) is 0 Å². The van der Waals surface area contributed by atoms with Gasteiger partial charge in [-0.2, -0.15) is 0 Å². The lowest BCUT2D eigenvalue weighted by atomic mass is 9.97. The van der Waals surface area contributed by atoms with E-state index in [0.29, 0.717) is 30.9 Å². The third-order valence-corrected chi connectivity index (χ3v) is 7.46. The van der Waals surface area contributed by atoms with Crippen molar-refractivity contribution in [3.05, 3.63) is 47.7 Å². The molecule has 2 N–H and O–H groups in total. The number of aromatic carboxylic acids is 1. The first-order valence-corrected chi connectivity index (χ1v) is 12.4. The van der Waals surface area contributed by atoms with Crippen LogP contribution in [0.4, 0.5) is 20.3 Å². The van der Waals surface area contributed by atoms with Gasteiger partial charge in [-0.15, -0.1) is 0 Å². The van der Waals surface area contributed by atoms with E-state index in [-0.39, 0.29) is 11.3 Å². The van der Waals surface area contributed by atoms with Crippen LogP contribution in [0.1, 0.15) is 36.0 Å². The molecule has 0 aliphatic carbocycles. The predicted octanol–water partition coefficient (Wildman–Crippen LogP) is 3.17. The molecule has 8 nitrogen and oxygen atoms in total. The molecule has 0 spiro atoms. The van der Waals surface area contributed by atoms with Crippen molar-refractivity contribution in [3.8, 4) is 0 Å². The number of benzene rings is 1. The summed E-state index contributed by atoms with van der Waals surface area (Å²) in [6, 6.07) is 3.46. The summed E-state index contributed by atoms with van der Waals surface area (Å²) in [6.07, 6.45) is 5.54. The van der Waals surface area contributed by atoms with Crippen LogP contribution >= 0.6 is 0 Å². The van der Waals surface area contributed by atoms with Gasteiger partial charge in [-0.3, -0.25) is 4.72 Å². The molecular formula is C22H26F2N4O4S. The first kappa shape index (κ1) is 23.4. The zero-order valence-electron chi connectivity index (χ0n) is 18.0. The van der Waals surface area contributed by atoms with Crippen molar-refractivity contribution in [2.45, 2.75) is 30.6 Å². The second-order valence-electron chi connectivity index (χ2n) is 8.54. The summed E-state index contributed by atoms with van der Waals surface area (Å²) < 4.78 is 55.0. The van der Waals surface area contributed by atoms with Gasteiger partial charge in [0.2, 0.25) is 0 Å². The minimum atomic E-state index is -4.31. The first-order chi connectivity index (χ1) is 15.7. The first-order valence-electron chi connectivity index (χ1n) is 10.9. The van der Waals surface area contributed by atoms with Gasteiger partial charge in [-0.1, -0.05) is 0 Å². The lowest BCUT2D eigenvalue weighted by molar-refractivity contribution is 0.0696. The smallest absolute Gasteiger partial charge is 0.337 e. The predicted molar refractivity (Wildman–Crippen MR) is 119 cm³/mol. The molecule has 0 unspecified atom stereocenters. The highest BCUT2D eigenvalue weighted by Gasteiger charge is 2.27. The molecule has 178 valence electrons. The Labute approximate surface area is 191 Å². The number of aromatic nitrogens is 1. The lowest BCUT2D eigenvalue weighted by Gasteiger charge is -2.36. The summed E-state index contributed by atoms with van der Waals surface area (Å²) in [6.45, 7) is 4.44. The van der Waals surface area contributed by atoms with Gasteiger partial charge in [0, 0.05) is 25.8 Å². The fourth-order valence-corrected chi connectivity index (χ4v) is 5.55. The van der Waals surface area contributed by atoms with Gasteiger partial charge in [-0.05, 0) is 69.0 Å². The Morgan fingerprint density at radius 3 is 2.58 bits per heavy atom. The fraction of sp³-hybridized carbons (Fsp3) is 0.455. The van der Waals surface area contributed by atoms with Gasteiger partial charge in [0.05, 0.1) is 16.1 Å². The average Bonchev–Trinajstić information content (AvgIpc) is 3.28. The Hall–Kier alpha value is -2.79. The van der Waals surface area contributed by atoms with Crippen molar-refractivity contribution in [3.63, 3.8) is 0 Å². The molecule has 0 amide bonds. The van der Waals surface area contributed by atoms with E-state index >= 15 is 0 Å². The Kier molecular flexibility index (Phi) is 6.80. The molecule has 1 atom stereocenters. The quantitative estimate of drug-likeness (QED) is 0.628. The zero-order chi connectivity index (χ0) is 23.6. The number of carboxylic acid groups (broad SMARTS) is 1. The maximum Gasteiger partial charge on any atom is 0.337 e. The molecule has 0 bridgehead atoms. The maximum atomic E-state index is 13.6. The molecule has 0 radical (unpaired) electrons. The number of halogens is 2. The van der Waals surface area contributed by atoms with E-state index < -0.39 is 32.5 Å². The van der Waals surface area contributed by atoms with E-state index in [1.165, 1.54) is 25.1 Å². The Morgan fingerprint density at radius 2 is 1.88 bits per heavy atom. The van der Waals surface area contributed by atoms with Crippen molar-refractivity contribution in [1.29, 1.82) is 0 Å². The largest absolute Gasteiger partial charge is 0.478 e. The zero-order valence-corrected chi connectivity index (χ0v) is 18.8. The minimum Gasteiger partial charge on any atom is -0.478 e. The highest BCUT2D eigenvalue weighted by molar-refractivity contribution is 7.92. The van der Waals surface area contributed by atoms with Crippen molar-refractivity contribution in [2.24, 2.45) is 5.92 Å². The molecular weight excluding hydrogens is 454 g/mol. The number of pyridine rings is 1. The number of rotatable bonds is 7. The van der Waals surface area contributed by atoms with Crippen LogP contribution in [-0.2, 0) is 10.0 Å². The summed E-state index contributed by atoms with van der Waals surface area (Å²) in [5.41, 5.74) is -0.200. The molecule has 3 heterocycles. The molecule has 1 aromatic heterocycles. The number of carboxylic acids is 1. The fourth-order valence-electron chi connectivity index (χ4n) is 4.49. The third-order valence-electron chi connectivity index (χ3n) is 6.09. The molecule has 2 aromatic rings. The molecule has 11 heteroatoms. The summed E-state index contributed by atoms with van der Waals surface area (Å²) in [5, 5.41) is 9.37. The summed E-state index contributed by atoms with van der Waals surface area (Å²) in [7, 11) is -4.31. The topological polar surface area (TPSA) is 103 Å². The monoisotopic (exact) mass is 480 g/mol. The molecule has 2 aliphatic heterocycles. The van der Waals surface area contributed by atoms with Gasteiger partial charge in [-0.25, -0.2) is 27.0 Å². The molecule has 2 aliphatic rings. The number of sulfonamides is 1. The Bertz CT molecular complexity index is 1140. The number of nitrogens with one attached hydrogen (secondary N) is 1. The van der Waals surface area contributed by atoms with Crippen LogP contribution in [-0.4, -0.2) is 62.1 Å². The number of piperidine rings is 1. The standard InChI is InChI=1S/C22H26F2N4O4S/c23-18-6-5-17(11-19(18)24)33(31,32)26-20-10-16(22(29)30)12-25-21(20)28-9-3-4-15(14-28)13-27-7-1-2-8-27/h5-6,10-12,15,26H,1-4,7-9,13-14H2,(H,29,30)/t15-/m1/s1. The minimum absolute atomic E-state index is 0.0125. The van der Waals surface area contributed by atoms with Crippen LogP contribution in [0.5, 0.6) is 0 Å². The van der Waals surface area contributed by atoms with Gasteiger partial charge < -0.3 is 14.9 Å². The Balaban J connectivity index is 1.62. The van der Waals surface area contributed by atoms with Gasteiger partial charge in [0.25, 0.3) is 10.0 Å². The summed E-state index contributed by atoms with van der Waals surface area (Å²) in [4.78, 5) is 19.7. The van der Waals surface area contributed by atoms with Crippen LogP contribution in [0.2, 0.25) is 0 Å². The number of anilines is 2. The van der Waals surface area contributed by atoms with E-state index in [1.54, 1.807) is 0 Å². The normalized spacial score (nSPS) is 19.6. The average molecular weight is 481 g/mol. The summed E-state index contributed by atoms with van der Waals surface area (Å²) in [5.74, 6) is -3.02. The number of hydrogen-bond acceptors (Lipinski definition) is 6. The van der Waals surface area contributed by atoms with Crippen molar-refractivity contribution in [2.75, 3.05) is 42.3 Å². The molecule has 2 fully saturated rings. The number of likely N-dealkylation sites (tertiary alicyclic amines) is 1. The molecule has 4 rings (SSSR count). The second kappa shape index (κ2) is 9.60. The van der Waals surface area contributed by atoms with Crippen LogP contribution in [0.3, 0.4) is 0 Å². The SMILES string of the molecule is O=C(O)c1cnc(N2CCC[C@H](CN3CCCC3)C2)c(NS(=O)(=O)c2ccc(F)c(F)c2)c1. The summed E-state index contributed by atoms with van der Waals surface area (Å²) >= 11 is 0. The third kappa shape index (κ3) is 5.41. The van der Waals surface area contributed by atoms with Crippen LogP contribution < -0.4 is 9.62 Å². The van der Waals surface area contributed by atoms with E-state index in [0.717, 1.165) is 44.6 Å². The van der Waals surface area contributed by atoms with E-state index in [9.17, 15) is 27.1 Å². The maximum absolute atomic E-state index is 13.6. The van der Waals surface area contributed by atoms with Crippen molar-refractivity contribution < 1.29 is 27.1 Å². The van der Waals surface area contributed by atoms with Crippen LogP contribution in [0, 0.1) is 17.6 Å². The van der Waals surface area contributed by atoms with Crippen LogP contribution in [0.15, 0.2) is 35.4 Å². The van der Waals surface area contributed by atoms with E-state index in [2.05, 4.69) is 14.6 Å². The second-order valence-corrected chi connectivity index (χ2v) is 10.2. The van der Waals surface area contributed by atoms with Crippen molar-refractivity contribution in [1.82, 2.24) is 9.88 Å². The van der Waals surface area contributed by atoms with E-state index in [4.69, 9.17) is 0 Å². The lowest BCUT2D eigenvalue weighted by Crippen LogP contribution is -2.41. The Morgan fingerprint density at radius 1 is 1.12 bits per heavy atom. The highest BCUT2D eigenvalue weighted by atomic mass is 32.2. The molecule has 0 saturated carbocycles. The molecule has 2 saturated heterocycles. The highest BCUT2D eigenvalue weighted by Crippen LogP contribution is 2.31. The van der Waals surface area contributed by atoms with Crippen molar-refractivity contribution >= 4 is 27.5 Å². The molecule has 33 heavy (non-hydrogen) atoms. The number of nitrogens with zero attached hydrogens (tertiary/aromatic N) is 3. The number of carbonyl (C=O) groups is 1. The van der Waals surface area contributed by atoms with Gasteiger partial charge >= 0.3 is 5.97 Å². The van der Waals surface area contributed by atoms with E-state index in [1.807, 2.05) is 4.90 Å². The van der Waals surface area contributed by atoms with Gasteiger partial charge in [0.15, 0.2) is 17.5 Å². The van der Waals surface area contributed by atoms with Gasteiger partial charge in [0.1, 0.15) is 0 Å². The molecule has 1 aromatic carbocycles. The number of hydrogen-bond donors (Lipinski definition) is 2.